The van der Waals surface area contributed by atoms with Crippen LogP contribution in [-0.4, -0.2) is 39.8 Å². The van der Waals surface area contributed by atoms with Crippen LogP contribution in [0.5, 0.6) is 0 Å². The molecule has 0 radical (unpaired) electrons. The van der Waals surface area contributed by atoms with E-state index in [0.717, 1.165) is 17.4 Å². The summed E-state index contributed by atoms with van der Waals surface area (Å²) in [6.45, 7) is 10.6. The van der Waals surface area contributed by atoms with Crippen molar-refractivity contribution < 1.29 is 18.9 Å². The van der Waals surface area contributed by atoms with Crippen LogP contribution < -0.4 is 10.8 Å². The number of hydrogen-bond donors (Lipinski definition) is 1. The minimum atomic E-state index is -0.505. The summed E-state index contributed by atoms with van der Waals surface area (Å²) in [4.78, 5) is 24.8. The minimum absolute atomic E-state index is 0.0294. The van der Waals surface area contributed by atoms with E-state index < -0.39 is 18.3 Å². The normalized spacial score (nSPS) is 19.9. The highest BCUT2D eigenvalue weighted by Gasteiger charge is 2.52. The van der Waals surface area contributed by atoms with E-state index in [-0.39, 0.29) is 17.4 Å². The summed E-state index contributed by atoms with van der Waals surface area (Å²) in [6, 6.07) is 7.22. The van der Waals surface area contributed by atoms with E-state index >= 15 is 0 Å². The molecule has 0 spiro atoms. The maximum Gasteiger partial charge on any atom is 0.495 e. The van der Waals surface area contributed by atoms with E-state index in [9.17, 15) is 9.59 Å². The highest BCUT2D eigenvalue weighted by atomic mass is 16.7. The molecule has 1 saturated heterocycles. The molecule has 152 valence electrons. The van der Waals surface area contributed by atoms with Crippen molar-refractivity contribution in [1.29, 1.82) is 0 Å². The van der Waals surface area contributed by atoms with Gasteiger partial charge in [0.15, 0.2) is 11.5 Å². The zero-order valence-electron chi connectivity index (χ0n) is 17.5. The summed E-state index contributed by atoms with van der Waals surface area (Å²) >= 11 is 0. The van der Waals surface area contributed by atoms with Crippen molar-refractivity contribution in [3.8, 4) is 0 Å². The van der Waals surface area contributed by atoms with Gasteiger partial charge >= 0.3 is 7.12 Å². The van der Waals surface area contributed by atoms with E-state index in [1.54, 1.807) is 10.7 Å². The Kier molecular flexibility index (Phi) is 4.66. The monoisotopic (exact) mass is 395 g/mol. The lowest BCUT2D eigenvalue weighted by Crippen LogP contribution is -2.41. The molecule has 0 bridgehead atoms. The molecule has 1 amide bonds. The van der Waals surface area contributed by atoms with Gasteiger partial charge in [-0.15, -0.1) is 0 Å². The Morgan fingerprint density at radius 1 is 1.21 bits per heavy atom. The Morgan fingerprint density at radius 2 is 1.90 bits per heavy atom. The Morgan fingerprint density at radius 3 is 2.55 bits per heavy atom. The largest absolute Gasteiger partial charge is 0.495 e. The first kappa shape index (κ1) is 19.9. The molecular weight excluding hydrogens is 369 g/mol. The second kappa shape index (κ2) is 6.81. The van der Waals surface area contributed by atoms with Crippen molar-refractivity contribution in [1.82, 2.24) is 9.78 Å². The first-order valence-corrected chi connectivity index (χ1v) is 9.96. The number of carbonyl (C=O) groups is 2. The van der Waals surface area contributed by atoms with Crippen molar-refractivity contribution in [2.75, 3.05) is 5.32 Å². The number of aromatic nitrogens is 2. The summed E-state index contributed by atoms with van der Waals surface area (Å²) in [5.74, 6) is -0.310. The van der Waals surface area contributed by atoms with Gasteiger partial charge in [0, 0.05) is 24.7 Å². The number of nitrogens with one attached hydrogen (secondary N) is 1. The van der Waals surface area contributed by atoms with Gasteiger partial charge in [0.1, 0.15) is 5.69 Å². The van der Waals surface area contributed by atoms with E-state index in [4.69, 9.17) is 9.31 Å². The van der Waals surface area contributed by atoms with Gasteiger partial charge in [-0.2, -0.15) is 5.10 Å². The lowest BCUT2D eigenvalue weighted by Gasteiger charge is -2.32. The van der Waals surface area contributed by atoms with Crippen molar-refractivity contribution in [3.05, 3.63) is 41.2 Å². The number of aryl methyl sites for hydroxylation is 1. The number of nitrogens with zero attached hydrogens (tertiary/aromatic N) is 2. The van der Waals surface area contributed by atoms with Crippen LogP contribution in [-0.2, 0) is 15.9 Å². The summed E-state index contributed by atoms with van der Waals surface area (Å²) in [6.07, 6.45) is 1.26. The number of benzene rings is 1. The Labute approximate surface area is 170 Å². The minimum Gasteiger partial charge on any atom is -0.399 e. The summed E-state index contributed by atoms with van der Waals surface area (Å²) in [5.41, 5.74) is 2.29. The predicted molar refractivity (Wildman–Crippen MR) is 111 cm³/mol. The number of anilines is 1. The number of rotatable bonds is 3. The first-order chi connectivity index (χ1) is 13.6. The van der Waals surface area contributed by atoms with Gasteiger partial charge in [-0.05, 0) is 58.1 Å². The fraction of sp³-hybridized carbons (Fsp3) is 0.476. The van der Waals surface area contributed by atoms with E-state index in [1.807, 2.05) is 52.8 Å². The number of hydrogen-bond acceptors (Lipinski definition) is 5. The molecule has 1 aromatic carbocycles. The summed E-state index contributed by atoms with van der Waals surface area (Å²) in [7, 11) is -0.505. The van der Waals surface area contributed by atoms with Crippen molar-refractivity contribution >= 4 is 30.0 Å². The molecular formula is C21H26BN3O4. The smallest absolute Gasteiger partial charge is 0.399 e. The molecule has 1 aromatic heterocycles. The molecule has 4 rings (SSSR count). The van der Waals surface area contributed by atoms with Crippen molar-refractivity contribution in [3.63, 3.8) is 0 Å². The summed E-state index contributed by atoms with van der Waals surface area (Å²) < 4.78 is 13.9. The van der Waals surface area contributed by atoms with Gasteiger partial charge in [-0.3, -0.25) is 14.3 Å². The lowest BCUT2D eigenvalue weighted by molar-refractivity contribution is 0.00578. The van der Waals surface area contributed by atoms with Crippen LogP contribution in [0.4, 0.5) is 5.69 Å². The zero-order chi connectivity index (χ0) is 21.0. The fourth-order valence-corrected chi connectivity index (χ4v) is 3.64. The zero-order valence-corrected chi connectivity index (χ0v) is 17.5. The SMILES string of the molecule is Cc1c(NC(=O)c2cc3n(n2)CCCC3=O)cccc1B1OC(C)(C)C(C)(C)O1. The van der Waals surface area contributed by atoms with Crippen LogP contribution in [0.1, 0.15) is 67.1 Å². The highest BCUT2D eigenvalue weighted by Crippen LogP contribution is 2.37. The standard InChI is InChI=1S/C21H26BN3O4/c1-13-14(22-28-20(2,3)21(4,5)29-22)8-6-9-15(13)23-19(27)16-12-17-18(26)10-7-11-25(17)24-16/h6,8-9,12H,7,10-11H2,1-5H3,(H,23,27). The maximum absolute atomic E-state index is 12.8. The van der Waals surface area contributed by atoms with Crippen LogP contribution in [0, 0.1) is 6.92 Å². The summed E-state index contributed by atoms with van der Waals surface area (Å²) in [5, 5.41) is 7.22. The number of Topliss-reactive ketones (excluding diaryl/α,β-unsaturated/α-hetero) is 1. The second-order valence-corrected chi connectivity index (χ2v) is 8.73. The van der Waals surface area contributed by atoms with Crippen molar-refractivity contribution in [2.24, 2.45) is 0 Å². The Balaban J connectivity index is 1.57. The molecule has 29 heavy (non-hydrogen) atoms. The molecule has 8 heteroatoms. The molecule has 2 aliphatic rings. The van der Waals surface area contributed by atoms with Gasteiger partial charge in [-0.25, -0.2) is 0 Å². The Bertz CT molecular complexity index is 980. The van der Waals surface area contributed by atoms with E-state index in [0.29, 0.717) is 24.3 Å². The number of carbonyl (C=O) groups excluding carboxylic acids is 2. The molecule has 1 N–H and O–H groups in total. The Hall–Kier alpha value is -2.45. The lowest BCUT2D eigenvalue weighted by atomic mass is 9.76. The molecule has 3 heterocycles. The third kappa shape index (κ3) is 3.40. The third-order valence-corrected chi connectivity index (χ3v) is 6.20. The highest BCUT2D eigenvalue weighted by molar-refractivity contribution is 6.62. The number of amides is 1. The van der Waals surface area contributed by atoms with Gasteiger partial charge < -0.3 is 14.6 Å². The van der Waals surface area contributed by atoms with Gasteiger partial charge in [0.05, 0.1) is 11.2 Å². The maximum atomic E-state index is 12.8. The van der Waals surface area contributed by atoms with E-state index in [2.05, 4.69) is 10.4 Å². The topological polar surface area (TPSA) is 82.5 Å². The predicted octanol–water partition coefficient (Wildman–Crippen LogP) is 2.72. The molecule has 0 saturated carbocycles. The quantitative estimate of drug-likeness (QED) is 0.809. The molecule has 2 aliphatic heterocycles. The average molecular weight is 395 g/mol. The second-order valence-electron chi connectivity index (χ2n) is 8.73. The average Bonchev–Trinajstić information content (AvgIpc) is 3.16. The van der Waals surface area contributed by atoms with Crippen LogP contribution in [0.3, 0.4) is 0 Å². The van der Waals surface area contributed by atoms with Gasteiger partial charge in [-0.1, -0.05) is 12.1 Å². The van der Waals surface area contributed by atoms with Gasteiger partial charge in [0.2, 0.25) is 0 Å². The molecule has 0 atom stereocenters. The van der Waals surface area contributed by atoms with Crippen LogP contribution >= 0.6 is 0 Å². The van der Waals surface area contributed by atoms with Crippen LogP contribution in [0.15, 0.2) is 24.3 Å². The molecule has 0 unspecified atom stereocenters. The van der Waals surface area contributed by atoms with E-state index in [1.165, 1.54) is 0 Å². The molecule has 2 aromatic rings. The third-order valence-electron chi connectivity index (χ3n) is 6.20. The number of ketones is 1. The van der Waals surface area contributed by atoms with Crippen LogP contribution in [0.2, 0.25) is 0 Å². The fourth-order valence-electron chi connectivity index (χ4n) is 3.64. The molecule has 7 nitrogen and oxygen atoms in total. The van der Waals surface area contributed by atoms with Crippen LogP contribution in [0.25, 0.3) is 0 Å². The van der Waals surface area contributed by atoms with Gasteiger partial charge in [0.25, 0.3) is 5.91 Å². The molecule has 0 aliphatic carbocycles. The van der Waals surface area contributed by atoms with Crippen molar-refractivity contribution in [2.45, 2.75) is 65.2 Å². The first-order valence-electron chi connectivity index (χ1n) is 9.96. The molecule has 1 fully saturated rings. The number of fused-ring (bicyclic) bond motifs is 1.